The zero-order valence-corrected chi connectivity index (χ0v) is 15.8. The molecule has 0 unspecified atom stereocenters. The van der Waals surface area contributed by atoms with Crippen LogP contribution in [0.2, 0.25) is 5.02 Å². The minimum atomic E-state index is -3.77. The molecular weight excluding hydrogens is 382 g/mol. The summed E-state index contributed by atoms with van der Waals surface area (Å²) in [5.74, 6) is 0. The van der Waals surface area contributed by atoms with E-state index < -0.39 is 10.0 Å². The molecule has 3 N–H and O–H groups in total. The van der Waals surface area contributed by atoms with E-state index in [0.717, 1.165) is 0 Å². The Bertz CT molecular complexity index is 844. The van der Waals surface area contributed by atoms with Crippen molar-refractivity contribution in [3.63, 3.8) is 0 Å². The second-order valence-electron chi connectivity index (χ2n) is 4.99. The van der Waals surface area contributed by atoms with E-state index in [-0.39, 0.29) is 4.90 Å². The summed E-state index contributed by atoms with van der Waals surface area (Å²) >= 11 is 11.2. The Hall–Kier alpha value is -1.87. The van der Waals surface area contributed by atoms with Crippen LogP contribution in [0.1, 0.15) is 0 Å². The summed E-state index contributed by atoms with van der Waals surface area (Å²) < 4.78 is 32.5. The van der Waals surface area contributed by atoms with Gasteiger partial charge in [-0.05, 0) is 42.5 Å². The van der Waals surface area contributed by atoms with Crippen molar-refractivity contribution in [2.45, 2.75) is 4.90 Å². The first-order valence-corrected chi connectivity index (χ1v) is 9.60. The molecular formula is C16H18ClN3O3S2. The van der Waals surface area contributed by atoms with Gasteiger partial charge >= 0.3 is 0 Å². The molecule has 0 radical (unpaired) electrons. The standard InChI is InChI=1S/C16H18ClN3O3S2/c1-23-10-9-18-16(24)19-12-5-4-6-13(11-12)25(21,22)20-15-8-3-2-7-14(15)17/h2-8,11,20H,9-10H2,1H3,(H2,18,19,24). The normalized spacial score (nSPS) is 11.0. The highest BCUT2D eigenvalue weighted by Crippen LogP contribution is 2.24. The summed E-state index contributed by atoms with van der Waals surface area (Å²) in [7, 11) is -2.18. The lowest BCUT2D eigenvalue weighted by Gasteiger charge is -2.13. The number of halogens is 1. The first kappa shape index (κ1) is 19.5. The molecule has 9 heteroatoms. The fourth-order valence-corrected chi connectivity index (χ4v) is 3.51. The van der Waals surface area contributed by atoms with Gasteiger partial charge in [-0.25, -0.2) is 8.42 Å². The van der Waals surface area contributed by atoms with E-state index in [4.69, 9.17) is 28.6 Å². The molecule has 0 fully saturated rings. The number of hydrogen-bond acceptors (Lipinski definition) is 4. The van der Waals surface area contributed by atoms with Crippen LogP contribution in [0.25, 0.3) is 0 Å². The second-order valence-corrected chi connectivity index (χ2v) is 7.48. The molecule has 134 valence electrons. The summed E-state index contributed by atoms with van der Waals surface area (Å²) in [6.07, 6.45) is 0. The number of benzene rings is 2. The first-order chi connectivity index (χ1) is 11.9. The summed E-state index contributed by atoms with van der Waals surface area (Å²) in [6, 6.07) is 13.0. The van der Waals surface area contributed by atoms with E-state index in [1.807, 2.05) is 0 Å². The zero-order chi connectivity index (χ0) is 18.3. The van der Waals surface area contributed by atoms with Crippen molar-refractivity contribution in [3.8, 4) is 0 Å². The highest BCUT2D eigenvalue weighted by Gasteiger charge is 2.16. The van der Waals surface area contributed by atoms with E-state index in [1.165, 1.54) is 12.1 Å². The second kappa shape index (κ2) is 9.00. The van der Waals surface area contributed by atoms with Gasteiger partial charge in [-0.15, -0.1) is 0 Å². The Morgan fingerprint density at radius 1 is 1.20 bits per heavy atom. The van der Waals surface area contributed by atoms with Crippen molar-refractivity contribution >= 4 is 50.3 Å². The summed E-state index contributed by atoms with van der Waals surface area (Å²) in [4.78, 5) is 0.0945. The smallest absolute Gasteiger partial charge is 0.262 e. The van der Waals surface area contributed by atoms with Crippen LogP contribution in [-0.4, -0.2) is 33.8 Å². The van der Waals surface area contributed by atoms with E-state index in [1.54, 1.807) is 43.5 Å². The van der Waals surface area contributed by atoms with Crippen molar-refractivity contribution < 1.29 is 13.2 Å². The molecule has 0 aliphatic carbocycles. The third-order valence-corrected chi connectivity index (χ3v) is 5.05. The molecule has 0 aromatic heterocycles. The van der Waals surface area contributed by atoms with Gasteiger partial charge in [0.05, 0.1) is 22.2 Å². The molecule has 0 heterocycles. The lowest BCUT2D eigenvalue weighted by atomic mass is 10.3. The molecule has 0 spiro atoms. The molecule has 25 heavy (non-hydrogen) atoms. The van der Waals surface area contributed by atoms with Crippen LogP contribution in [0, 0.1) is 0 Å². The van der Waals surface area contributed by atoms with Crippen LogP contribution in [0.5, 0.6) is 0 Å². The molecule has 2 aromatic carbocycles. The largest absolute Gasteiger partial charge is 0.383 e. The zero-order valence-electron chi connectivity index (χ0n) is 13.5. The summed E-state index contributed by atoms with van der Waals surface area (Å²) in [5, 5.41) is 6.59. The van der Waals surface area contributed by atoms with Crippen molar-refractivity contribution in [1.82, 2.24) is 5.32 Å². The summed E-state index contributed by atoms with van der Waals surface area (Å²) in [6.45, 7) is 1.06. The molecule has 0 atom stereocenters. The number of ether oxygens (including phenoxy) is 1. The van der Waals surface area contributed by atoms with Crippen LogP contribution in [0.15, 0.2) is 53.4 Å². The number of nitrogens with one attached hydrogen (secondary N) is 3. The third-order valence-electron chi connectivity index (χ3n) is 3.11. The van der Waals surface area contributed by atoms with Crippen molar-refractivity contribution in [2.75, 3.05) is 30.3 Å². The maximum Gasteiger partial charge on any atom is 0.262 e. The van der Waals surface area contributed by atoms with Gasteiger partial charge in [-0.2, -0.15) is 0 Å². The number of rotatable bonds is 7. The van der Waals surface area contributed by atoms with Crippen LogP contribution in [0.4, 0.5) is 11.4 Å². The number of anilines is 2. The van der Waals surface area contributed by atoms with E-state index >= 15 is 0 Å². The Morgan fingerprint density at radius 3 is 2.68 bits per heavy atom. The van der Waals surface area contributed by atoms with Gasteiger partial charge in [0.2, 0.25) is 0 Å². The Balaban J connectivity index is 2.11. The highest BCUT2D eigenvalue weighted by atomic mass is 35.5. The molecule has 0 saturated heterocycles. The minimum Gasteiger partial charge on any atom is -0.383 e. The van der Waals surface area contributed by atoms with Gasteiger partial charge in [0.1, 0.15) is 0 Å². The Morgan fingerprint density at radius 2 is 1.96 bits per heavy atom. The number of para-hydroxylation sites is 1. The van der Waals surface area contributed by atoms with Gasteiger partial charge in [-0.1, -0.05) is 29.8 Å². The van der Waals surface area contributed by atoms with Gasteiger partial charge in [0.15, 0.2) is 5.11 Å². The molecule has 0 amide bonds. The van der Waals surface area contributed by atoms with Gasteiger partial charge < -0.3 is 15.4 Å². The van der Waals surface area contributed by atoms with Crippen LogP contribution < -0.4 is 15.4 Å². The molecule has 0 aliphatic heterocycles. The maximum atomic E-state index is 12.5. The monoisotopic (exact) mass is 399 g/mol. The summed E-state index contributed by atoms with van der Waals surface area (Å²) in [5.41, 5.74) is 0.872. The van der Waals surface area contributed by atoms with Gasteiger partial charge in [0, 0.05) is 19.3 Å². The fourth-order valence-electron chi connectivity index (χ4n) is 1.93. The lowest BCUT2D eigenvalue weighted by Crippen LogP contribution is -2.31. The Labute approximate surface area is 157 Å². The van der Waals surface area contributed by atoms with Crippen molar-refractivity contribution in [2.24, 2.45) is 0 Å². The number of thiocarbonyl (C=S) groups is 1. The van der Waals surface area contributed by atoms with Crippen LogP contribution in [-0.2, 0) is 14.8 Å². The van der Waals surface area contributed by atoms with Crippen molar-refractivity contribution in [3.05, 3.63) is 53.6 Å². The fraction of sp³-hybridized carbons (Fsp3) is 0.188. The predicted octanol–water partition coefficient (Wildman–Crippen LogP) is 3.07. The average molecular weight is 400 g/mol. The molecule has 0 bridgehead atoms. The lowest BCUT2D eigenvalue weighted by molar-refractivity contribution is 0.204. The topological polar surface area (TPSA) is 79.5 Å². The predicted molar refractivity (Wildman–Crippen MR) is 105 cm³/mol. The van der Waals surface area contributed by atoms with E-state index in [2.05, 4.69) is 15.4 Å². The van der Waals surface area contributed by atoms with E-state index in [0.29, 0.717) is 34.7 Å². The third kappa shape index (κ3) is 5.86. The average Bonchev–Trinajstić information content (AvgIpc) is 2.57. The number of hydrogen-bond donors (Lipinski definition) is 3. The van der Waals surface area contributed by atoms with E-state index in [9.17, 15) is 8.42 Å². The first-order valence-electron chi connectivity index (χ1n) is 7.33. The SMILES string of the molecule is COCCNC(=S)Nc1cccc(S(=O)(=O)Nc2ccccc2Cl)c1. The highest BCUT2D eigenvalue weighted by molar-refractivity contribution is 7.92. The molecule has 2 rings (SSSR count). The van der Waals surface area contributed by atoms with Gasteiger partial charge in [-0.3, -0.25) is 4.72 Å². The molecule has 6 nitrogen and oxygen atoms in total. The minimum absolute atomic E-state index is 0.0945. The van der Waals surface area contributed by atoms with Crippen LogP contribution in [0.3, 0.4) is 0 Å². The van der Waals surface area contributed by atoms with Gasteiger partial charge in [0.25, 0.3) is 10.0 Å². The number of sulfonamides is 1. The molecule has 2 aromatic rings. The number of methoxy groups -OCH3 is 1. The van der Waals surface area contributed by atoms with Crippen LogP contribution >= 0.6 is 23.8 Å². The van der Waals surface area contributed by atoms with Crippen molar-refractivity contribution in [1.29, 1.82) is 0 Å². The quantitative estimate of drug-likeness (QED) is 0.490. The molecule has 0 aliphatic rings. The maximum absolute atomic E-state index is 12.5. The Kier molecular flexibility index (Phi) is 7.01. The molecule has 0 saturated carbocycles.